The highest BCUT2D eigenvalue weighted by molar-refractivity contribution is 5.76. The summed E-state index contributed by atoms with van der Waals surface area (Å²) in [6.45, 7) is 12.0. The first kappa shape index (κ1) is 20.5. The highest BCUT2D eigenvalue weighted by atomic mass is 16.5. The zero-order chi connectivity index (χ0) is 20.9. The number of aryl methyl sites for hydroxylation is 1. The van der Waals surface area contributed by atoms with E-state index in [4.69, 9.17) is 14.5 Å². The fraction of sp³-hybridized carbons (Fsp3) is 0.400. The van der Waals surface area contributed by atoms with Crippen molar-refractivity contribution in [2.24, 2.45) is 0 Å². The van der Waals surface area contributed by atoms with Crippen molar-refractivity contribution in [1.82, 2.24) is 14.5 Å². The van der Waals surface area contributed by atoms with Crippen LogP contribution in [0.5, 0.6) is 11.5 Å². The molecular formula is C25H31N3O2. The molecule has 1 aromatic heterocycles. The van der Waals surface area contributed by atoms with Gasteiger partial charge in [0, 0.05) is 25.7 Å². The molecule has 0 spiro atoms. The van der Waals surface area contributed by atoms with Crippen molar-refractivity contribution in [2.75, 3.05) is 26.3 Å². The molecule has 0 aliphatic carbocycles. The number of benzene rings is 2. The smallest absolute Gasteiger partial charge is 0.161 e. The number of hydrogen-bond donors (Lipinski definition) is 0. The van der Waals surface area contributed by atoms with E-state index in [1.54, 1.807) is 6.08 Å². The molecule has 0 unspecified atom stereocenters. The van der Waals surface area contributed by atoms with Gasteiger partial charge in [-0.2, -0.15) is 0 Å². The van der Waals surface area contributed by atoms with Crippen LogP contribution in [-0.2, 0) is 6.54 Å². The molecule has 5 nitrogen and oxygen atoms in total. The molecule has 0 radical (unpaired) electrons. The second kappa shape index (κ2) is 9.35. The van der Waals surface area contributed by atoms with Crippen LogP contribution in [0, 0.1) is 6.92 Å². The summed E-state index contributed by atoms with van der Waals surface area (Å²) < 4.78 is 14.0. The summed E-state index contributed by atoms with van der Waals surface area (Å²) in [6.07, 6.45) is 4.03. The molecule has 0 bridgehead atoms. The largest absolute Gasteiger partial charge is 0.490 e. The summed E-state index contributed by atoms with van der Waals surface area (Å²) in [6, 6.07) is 15.2. The zero-order valence-electron chi connectivity index (χ0n) is 18.0. The Balaban J connectivity index is 1.41. The van der Waals surface area contributed by atoms with E-state index in [0.717, 1.165) is 55.3 Å². The monoisotopic (exact) mass is 405 g/mol. The second-order valence-corrected chi connectivity index (χ2v) is 7.84. The van der Waals surface area contributed by atoms with Crippen molar-refractivity contribution < 1.29 is 9.47 Å². The first-order valence-corrected chi connectivity index (χ1v) is 10.8. The lowest BCUT2D eigenvalue weighted by atomic mass is 10.0. The molecule has 1 aliphatic rings. The predicted molar refractivity (Wildman–Crippen MR) is 121 cm³/mol. The van der Waals surface area contributed by atoms with Gasteiger partial charge in [0.25, 0.3) is 0 Å². The normalized spacial score (nSPS) is 15.4. The third-order valence-electron chi connectivity index (χ3n) is 5.77. The van der Waals surface area contributed by atoms with E-state index in [1.165, 1.54) is 11.1 Å². The quantitative estimate of drug-likeness (QED) is 0.486. The molecule has 0 N–H and O–H groups in total. The molecule has 0 saturated carbocycles. The molecule has 4 rings (SSSR count). The number of ether oxygens (including phenoxy) is 2. The van der Waals surface area contributed by atoms with E-state index in [-0.39, 0.29) is 0 Å². The molecule has 2 heterocycles. The number of rotatable bonds is 8. The Hall–Kier alpha value is -2.79. The summed E-state index contributed by atoms with van der Waals surface area (Å²) in [4.78, 5) is 7.28. The van der Waals surface area contributed by atoms with Crippen molar-refractivity contribution in [1.29, 1.82) is 0 Å². The summed E-state index contributed by atoms with van der Waals surface area (Å²) in [5.74, 6) is 2.71. The molecule has 2 aromatic carbocycles. The van der Waals surface area contributed by atoms with Gasteiger partial charge < -0.3 is 14.0 Å². The fourth-order valence-electron chi connectivity index (χ4n) is 4.41. The maximum atomic E-state index is 5.80. The summed E-state index contributed by atoms with van der Waals surface area (Å²) in [5.41, 5.74) is 3.61. The minimum Gasteiger partial charge on any atom is -0.490 e. The highest BCUT2D eigenvalue weighted by Gasteiger charge is 2.23. The van der Waals surface area contributed by atoms with Gasteiger partial charge in [0.15, 0.2) is 11.5 Å². The molecule has 1 fully saturated rings. The van der Waals surface area contributed by atoms with Gasteiger partial charge in [0.05, 0.1) is 17.6 Å². The molecule has 3 aromatic rings. The first-order chi connectivity index (χ1) is 14.7. The Morgan fingerprint density at radius 2 is 1.90 bits per heavy atom. The molecule has 0 amide bonds. The minimum atomic E-state index is 0.481. The molecule has 5 heteroatoms. The van der Waals surface area contributed by atoms with Gasteiger partial charge in [0.2, 0.25) is 0 Å². The van der Waals surface area contributed by atoms with Crippen LogP contribution >= 0.6 is 0 Å². The van der Waals surface area contributed by atoms with Gasteiger partial charge in [-0.25, -0.2) is 4.98 Å². The third kappa shape index (κ3) is 4.36. The number of nitrogens with zero attached hydrogens (tertiary/aromatic N) is 3. The van der Waals surface area contributed by atoms with Crippen LogP contribution < -0.4 is 9.47 Å². The van der Waals surface area contributed by atoms with Crippen molar-refractivity contribution in [3.63, 3.8) is 0 Å². The molecule has 30 heavy (non-hydrogen) atoms. The first-order valence-electron chi connectivity index (χ1n) is 10.8. The molecule has 158 valence electrons. The number of hydrogen-bond acceptors (Lipinski definition) is 4. The van der Waals surface area contributed by atoms with E-state index in [2.05, 4.69) is 59.4 Å². The van der Waals surface area contributed by atoms with Crippen LogP contribution in [0.25, 0.3) is 11.0 Å². The van der Waals surface area contributed by atoms with E-state index < -0.39 is 0 Å². The Kier molecular flexibility index (Phi) is 6.38. The lowest BCUT2D eigenvalue weighted by Crippen LogP contribution is -2.34. The molecular weight excluding hydrogens is 374 g/mol. The molecule has 1 saturated heterocycles. The number of likely N-dealkylation sites (tertiary alicyclic amines) is 1. The molecule has 0 atom stereocenters. The Morgan fingerprint density at radius 3 is 2.67 bits per heavy atom. The van der Waals surface area contributed by atoms with Gasteiger partial charge in [-0.05, 0) is 56.5 Å². The van der Waals surface area contributed by atoms with E-state index in [1.807, 2.05) is 13.0 Å². The average Bonchev–Trinajstić information content (AvgIpc) is 3.10. The van der Waals surface area contributed by atoms with Crippen LogP contribution in [0.1, 0.15) is 37.2 Å². The zero-order valence-corrected chi connectivity index (χ0v) is 18.0. The fourth-order valence-corrected chi connectivity index (χ4v) is 4.41. The van der Waals surface area contributed by atoms with Crippen molar-refractivity contribution in [3.05, 3.63) is 66.5 Å². The maximum absolute atomic E-state index is 5.80. The minimum absolute atomic E-state index is 0.481. The van der Waals surface area contributed by atoms with Gasteiger partial charge >= 0.3 is 0 Å². The summed E-state index contributed by atoms with van der Waals surface area (Å²) in [7, 11) is 0. The number of fused-ring (bicyclic) bond motifs is 1. The van der Waals surface area contributed by atoms with Crippen LogP contribution in [-0.4, -0.2) is 40.8 Å². The van der Waals surface area contributed by atoms with E-state index >= 15 is 0 Å². The number of aromatic nitrogens is 2. The van der Waals surface area contributed by atoms with Crippen LogP contribution in [0.3, 0.4) is 0 Å². The van der Waals surface area contributed by atoms with Gasteiger partial charge in [-0.3, -0.25) is 4.90 Å². The third-order valence-corrected chi connectivity index (χ3v) is 5.77. The Labute approximate surface area is 178 Å². The van der Waals surface area contributed by atoms with Gasteiger partial charge in [-0.15, -0.1) is 0 Å². The number of para-hydroxylation sites is 2. The van der Waals surface area contributed by atoms with Crippen molar-refractivity contribution >= 4 is 11.0 Å². The molecule has 1 aliphatic heterocycles. The predicted octanol–water partition coefficient (Wildman–Crippen LogP) is 5.15. The highest BCUT2D eigenvalue weighted by Crippen LogP contribution is 2.31. The summed E-state index contributed by atoms with van der Waals surface area (Å²) in [5, 5.41) is 0. The summed E-state index contributed by atoms with van der Waals surface area (Å²) >= 11 is 0. The topological polar surface area (TPSA) is 39.5 Å². The van der Waals surface area contributed by atoms with Crippen LogP contribution in [0.2, 0.25) is 0 Å². The maximum Gasteiger partial charge on any atom is 0.161 e. The van der Waals surface area contributed by atoms with E-state index in [0.29, 0.717) is 19.3 Å². The van der Waals surface area contributed by atoms with Gasteiger partial charge in [-0.1, -0.05) is 30.9 Å². The number of imidazole rings is 1. The van der Waals surface area contributed by atoms with Gasteiger partial charge in [0.1, 0.15) is 12.4 Å². The van der Waals surface area contributed by atoms with Crippen molar-refractivity contribution in [3.8, 4) is 11.5 Å². The van der Waals surface area contributed by atoms with Crippen molar-refractivity contribution in [2.45, 2.75) is 39.3 Å². The average molecular weight is 406 g/mol. The van der Waals surface area contributed by atoms with Crippen LogP contribution in [0.15, 0.2) is 55.1 Å². The lowest BCUT2D eigenvalue weighted by Gasteiger charge is -2.33. The lowest BCUT2D eigenvalue weighted by molar-refractivity contribution is 0.180. The SMILES string of the molecule is C=CCOc1ccc(CN2CCC(n3c(C)nc4ccccc43)CC2)cc1OCC. The van der Waals surface area contributed by atoms with E-state index in [9.17, 15) is 0 Å². The second-order valence-electron chi connectivity index (χ2n) is 7.84. The standard InChI is InChI=1S/C25H31N3O2/c1-4-16-30-24-11-10-20(17-25(24)29-5-2)18-27-14-12-21(13-15-27)28-19(3)26-22-8-6-7-9-23(22)28/h4,6-11,17,21H,1,5,12-16,18H2,2-3H3. The number of piperidine rings is 1. The Morgan fingerprint density at radius 1 is 1.10 bits per heavy atom. The van der Waals surface area contributed by atoms with Crippen LogP contribution in [0.4, 0.5) is 0 Å². The Bertz CT molecular complexity index is 1000.